The fraction of sp³-hybridized carbons (Fsp3) is 0.471. The van der Waals surface area contributed by atoms with E-state index in [1.165, 1.54) is 5.56 Å². The molecule has 0 N–H and O–H groups in total. The van der Waals surface area contributed by atoms with Crippen molar-refractivity contribution in [1.82, 2.24) is 0 Å². The molecule has 100 valence electrons. The van der Waals surface area contributed by atoms with E-state index >= 15 is 0 Å². The van der Waals surface area contributed by atoms with Crippen LogP contribution in [0.5, 0.6) is 0 Å². The predicted octanol–water partition coefficient (Wildman–Crippen LogP) is 3.55. The third kappa shape index (κ3) is 1.35. The number of esters is 1. The topological polar surface area (TPSA) is 26.3 Å². The summed E-state index contributed by atoms with van der Waals surface area (Å²) >= 11 is 0. The largest absolute Gasteiger partial charge is 0.465 e. The molecule has 1 saturated carbocycles. The van der Waals surface area contributed by atoms with E-state index in [0.717, 1.165) is 5.57 Å². The molecule has 0 aromatic heterocycles. The summed E-state index contributed by atoms with van der Waals surface area (Å²) in [4.78, 5) is 12.4. The SMILES string of the molecule is C=C(C)[C@@H]1COC(=O)[C@@]12[C@H](c1ccccc1)C2(C)C. The monoisotopic (exact) mass is 256 g/mol. The highest BCUT2D eigenvalue weighted by atomic mass is 16.5. The molecular weight excluding hydrogens is 236 g/mol. The molecule has 2 nitrogen and oxygen atoms in total. The van der Waals surface area contributed by atoms with E-state index < -0.39 is 5.41 Å². The lowest BCUT2D eigenvalue weighted by Crippen LogP contribution is -2.24. The number of hydrogen-bond acceptors (Lipinski definition) is 2. The predicted molar refractivity (Wildman–Crippen MR) is 74.7 cm³/mol. The lowest BCUT2D eigenvalue weighted by molar-refractivity contribution is -0.143. The van der Waals surface area contributed by atoms with Gasteiger partial charge in [-0.05, 0) is 17.9 Å². The molecule has 0 unspecified atom stereocenters. The van der Waals surface area contributed by atoms with Crippen molar-refractivity contribution in [2.45, 2.75) is 26.7 Å². The average molecular weight is 256 g/mol. The Labute approximate surface area is 114 Å². The molecule has 2 heteroatoms. The minimum absolute atomic E-state index is 0.0423. The fourth-order valence-corrected chi connectivity index (χ4v) is 4.24. The maximum absolute atomic E-state index is 12.4. The van der Waals surface area contributed by atoms with E-state index in [9.17, 15) is 4.79 Å². The van der Waals surface area contributed by atoms with Crippen molar-refractivity contribution in [3.8, 4) is 0 Å². The van der Waals surface area contributed by atoms with E-state index in [0.29, 0.717) is 6.61 Å². The molecule has 1 aromatic rings. The number of rotatable bonds is 2. The Morgan fingerprint density at radius 3 is 2.53 bits per heavy atom. The standard InChI is InChI=1S/C17H20O2/c1-11(2)13-10-19-15(18)17(13)14(16(17,3)4)12-8-6-5-7-9-12/h5-9,13-14H,1,10H2,2-4H3/t13-,14+,17-/m0/s1. The average Bonchev–Trinajstić information content (AvgIpc) is 2.68. The Morgan fingerprint density at radius 1 is 1.32 bits per heavy atom. The van der Waals surface area contributed by atoms with Gasteiger partial charge in [-0.25, -0.2) is 0 Å². The number of ether oxygens (including phenoxy) is 1. The Balaban J connectivity index is 2.09. The number of cyclic esters (lactones) is 1. The number of carbonyl (C=O) groups excluding carboxylic acids is 1. The van der Waals surface area contributed by atoms with Gasteiger partial charge in [0.1, 0.15) is 0 Å². The van der Waals surface area contributed by atoms with Gasteiger partial charge in [0.05, 0.1) is 12.0 Å². The van der Waals surface area contributed by atoms with Crippen LogP contribution in [0.1, 0.15) is 32.3 Å². The van der Waals surface area contributed by atoms with Crippen LogP contribution in [0.4, 0.5) is 0 Å². The molecule has 2 aliphatic rings. The first kappa shape index (κ1) is 12.5. The number of hydrogen-bond donors (Lipinski definition) is 0. The van der Waals surface area contributed by atoms with Crippen LogP contribution in [0.15, 0.2) is 42.5 Å². The van der Waals surface area contributed by atoms with Gasteiger partial charge in [-0.15, -0.1) is 0 Å². The minimum atomic E-state index is -0.403. The van der Waals surface area contributed by atoms with Crippen molar-refractivity contribution in [3.05, 3.63) is 48.0 Å². The molecule has 3 rings (SSSR count). The molecule has 1 spiro atoms. The molecule has 0 bridgehead atoms. The van der Waals surface area contributed by atoms with E-state index in [4.69, 9.17) is 4.74 Å². The summed E-state index contributed by atoms with van der Waals surface area (Å²) in [6, 6.07) is 10.3. The first-order valence-electron chi connectivity index (χ1n) is 6.81. The van der Waals surface area contributed by atoms with Crippen molar-refractivity contribution >= 4 is 5.97 Å². The summed E-state index contributed by atoms with van der Waals surface area (Å²) in [6.45, 7) is 10.9. The Bertz CT molecular complexity index is 544. The molecule has 1 aromatic carbocycles. The van der Waals surface area contributed by atoms with Gasteiger partial charge < -0.3 is 4.74 Å². The van der Waals surface area contributed by atoms with Gasteiger partial charge in [0.2, 0.25) is 0 Å². The molecule has 0 amide bonds. The Kier molecular flexibility index (Phi) is 2.44. The summed E-state index contributed by atoms with van der Waals surface area (Å²) in [5, 5.41) is 0. The van der Waals surface area contributed by atoms with Gasteiger partial charge in [-0.1, -0.05) is 56.3 Å². The molecule has 1 aliphatic heterocycles. The molecule has 19 heavy (non-hydrogen) atoms. The summed E-state index contributed by atoms with van der Waals surface area (Å²) in [6.07, 6.45) is 0. The summed E-state index contributed by atoms with van der Waals surface area (Å²) < 4.78 is 5.39. The van der Waals surface area contributed by atoms with Gasteiger partial charge in [0, 0.05) is 11.8 Å². The lowest BCUT2D eigenvalue weighted by Gasteiger charge is -2.18. The van der Waals surface area contributed by atoms with Gasteiger partial charge in [0.25, 0.3) is 0 Å². The summed E-state index contributed by atoms with van der Waals surface area (Å²) in [7, 11) is 0. The van der Waals surface area contributed by atoms with Gasteiger partial charge >= 0.3 is 5.97 Å². The Morgan fingerprint density at radius 2 is 1.95 bits per heavy atom. The Hall–Kier alpha value is -1.57. The zero-order chi connectivity index (χ0) is 13.8. The van der Waals surface area contributed by atoms with Crippen LogP contribution in [0.2, 0.25) is 0 Å². The fourth-order valence-electron chi connectivity index (χ4n) is 4.24. The van der Waals surface area contributed by atoms with Gasteiger partial charge in [-0.3, -0.25) is 4.79 Å². The molecular formula is C17H20O2. The second kappa shape index (κ2) is 3.72. The molecule has 1 saturated heterocycles. The maximum atomic E-state index is 12.4. The van der Waals surface area contributed by atoms with Crippen LogP contribution in [0, 0.1) is 16.7 Å². The second-order valence-electron chi connectivity index (χ2n) is 6.43. The van der Waals surface area contributed by atoms with E-state index in [1.807, 2.05) is 25.1 Å². The van der Waals surface area contributed by atoms with Crippen LogP contribution in [-0.2, 0) is 9.53 Å². The molecule has 0 radical (unpaired) electrons. The highest BCUT2D eigenvalue weighted by Gasteiger charge is 2.81. The van der Waals surface area contributed by atoms with Crippen molar-refractivity contribution in [2.24, 2.45) is 16.7 Å². The molecule has 1 aliphatic carbocycles. The van der Waals surface area contributed by atoms with Crippen LogP contribution in [-0.4, -0.2) is 12.6 Å². The zero-order valence-corrected chi connectivity index (χ0v) is 11.8. The molecule has 2 fully saturated rings. The van der Waals surface area contributed by atoms with Crippen molar-refractivity contribution in [3.63, 3.8) is 0 Å². The van der Waals surface area contributed by atoms with Crippen molar-refractivity contribution < 1.29 is 9.53 Å². The number of carbonyl (C=O) groups is 1. The van der Waals surface area contributed by atoms with Crippen molar-refractivity contribution in [1.29, 1.82) is 0 Å². The normalized spacial score (nSPS) is 35.2. The molecule has 3 atom stereocenters. The second-order valence-corrected chi connectivity index (χ2v) is 6.43. The van der Waals surface area contributed by atoms with Crippen LogP contribution in [0.3, 0.4) is 0 Å². The van der Waals surface area contributed by atoms with E-state index in [1.54, 1.807) is 0 Å². The van der Waals surface area contributed by atoms with Gasteiger partial charge in [-0.2, -0.15) is 0 Å². The number of benzene rings is 1. The molecule has 1 heterocycles. The first-order chi connectivity index (χ1) is 8.94. The minimum Gasteiger partial charge on any atom is -0.465 e. The third-order valence-electron chi connectivity index (χ3n) is 5.16. The van der Waals surface area contributed by atoms with Crippen LogP contribution >= 0.6 is 0 Å². The van der Waals surface area contributed by atoms with Crippen LogP contribution in [0.25, 0.3) is 0 Å². The lowest BCUT2D eigenvalue weighted by atomic mass is 9.80. The third-order valence-corrected chi connectivity index (χ3v) is 5.16. The first-order valence-corrected chi connectivity index (χ1v) is 6.81. The van der Waals surface area contributed by atoms with Crippen molar-refractivity contribution in [2.75, 3.05) is 6.61 Å². The maximum Gasteiger partial charge on any atom is 0.314 e. The van der Waals surface area contributed by atoms with Crippen LogP contribution < -0.4 is 0 Å². The highest BCUT2D eigenvalue weighted by molar-refractivity contribution is 5.87. The van der Waals surface area contributed by atoms with E-state index in [2.05, 4.69) is 32.6 Å². The quantitative estimate of drug-likeness (QED) is 0.597. The zero-order valence-electron chi connectivity index (χ0n) is 11.8. The summed E-state index contributed by atoms with van der Waals surface area (Å²) in [5.41, 5.74) is 1.82. The smallest absolute Gasteiger partial charge is 0.314 e. The summed E-state index contributed by atoms with van der Waals surface area (Å²) in [5.74, 6) is 0.331. The van der Waals surface area contributed by atoms with Gasteiger partial charge in [0.15, 0.2) is 0 Å². The van der Waals surface area contributed by atoms with E-state index in [-0.39, 0.29) is 23.2 Å². The highest BCUT2D eigenvalue weighted by Crippen LogP contribution is 2.79.